The zero-order valence-corrected chi connectivity index (χ0v) is 10.2. The van der Waals surface area contributed by atoms with Gasteiger partial charge in [0.25, 0.3) is 0 Å². The van der Waals surface area contributed by atoms with E-state index in [0.29, 0.717) is 6.04 Å². The van der Waals surface area contributed by atoms with E-state index in [2.05, 4.69) is 35.1 Å². The standard InChI is InChI=1S/C13H21N3/c1-3-16-9-5-7-12(10-16)15-13-11(2)6-4-8-14-13/h4,6,8,12H,3,5,7,9-10H2,1-2H3,(H,14,15). The van der Waals surface area contributed by atoms with Crippen molar-refractivity contribution in [1.82, 2.24) is 9.88 Å². The zero-order chi connectivity index (χ0) is 11.4. The highest BCUT2D eigenvalue weighted by Gasteiger charge is 2.18. The first-order valence-corrected chi connectivity index (χ1v) is 6.20. The van der Waals surface area contributed by atoms with E-state index in [1.807, 2.05) is 12.3 Å². The van der Waals surface area contributed by atoms with Crippen LogP contribution in [0.25, 0.3) is 0 Å². The molecule has 0 bridgehead atoms. The summed E-state index contributed by atoms with van der Waals surface area (Å²) in [6.45, 7) is 7.88. The molecule has 1 N–H and O–H groups in total. The number of piperidine rings is 1. The van der Waals surface area contributed by atoms with E-state index in [1.54, 1.807) is 0 Å². The summed E-state index contributed by atoms with van der Waals surface area (Å²) in [5.41, 5.74) is 1.23. The number of hydrogen-bond donors (Lipinski definition) is 1. The molecular formula is C13H21N3. The molecule has 1 atom stereocenters. The van der Waals surface area contributed by atoms with Crippen molar-refractivity contribution in [3.05, 3.63) is 23.9 Å². The number of hydrogen-bond acceptors (Lipinski definition) is 3. The number of rotatable bonds is 3. The van der Waals surface area contributed by atoms with E-state index < -0.39 is 0 Å². The van der Waals surface area contributed by atoms with Crippen molar-refractivity contribution in [2.75, 3.05) is 25.0 Å². The van der Waals surface area contributed by atoms with E-state index >= 15 is 0 Å². The van der Waals surface area contributed by atoms with Crippen LogP contribution in [0.4, 0.5) is 5.82 Å². The summed E-state index contributed by atoms with van der Waals surface area (Å²) in [7, 11) is 0. The SMILES string of the molecule is CCN1CCCC(Nc2ncccc2C)C1. The number of likely N-dealkylation sites (N-methyl/N-ethyl adjacent to an activating group) is 1. The average Bonchev–Trinajstić information content (AvgIpc) is 2.32. The molecule has 3 nitrogen and oxygen atoms in total. The molecule has 1 aromatic heterocycles. The van der Waals surface area contributed by atoms with Gasteiger partial charge in [-0.2, -0.15) is 0 Å². The van der Waals surface area contributed by atoms with E-state index in [0.717, 1.165) is 18.9 Å². The minimum Gasteiger partial charge on any atom is -0.366 e. The molecule has 2 heterocycles. The lowest BCUT2D eigenvalue weighted by Gasteiger charge is -2.32. The third-order valence-corrected chi connectivity index (χ3v) is 3.30. The first-order valence-electron chi connectivity index (χ1n) is 6.20. The van der Waals surface area contributed by atoms with Gasteiger partial charge in [-0.25, -0.2) is 4.98 Å². The number of nitrogens with zero attached hydrogens (tertiary/aromatic N) is 2. The number of aryl methyl sites for hydroxylation is 1. The number of pyridine rings is 1. The van der Waals surface area contributed by atoms with Crippen LogP contribution in [0.1, 0.15) is 25.3 Å². The molecule has 3 heteroatoms. The Morgan fingerprint density at radius 3 is 3.19 bits per heavy atom. The highest BCUT2D eigenvalue weighted by Crippen LogP contribution is 2.16. The molecule has 0 amide bonds. The molecule has 1 aromatic rings. The van der Waals surface area contributed by atoms with Crippen LogP contribution in [0.3, 0.4) is 0 Å². The summed E-state index contributed by atoms with van der Waals surface area (Å²) in [4.78, 5) is 6.89. The molecular weight excluding hydrogens is 198 g/mol. The van der Waals surface area contributed by atoms with E-state index in [1.165, 1.54) is 24.9 Å². The molecule has 1 aliphatic heterocycles. The van der Waals surface area contributed by atoms with Crippen molar-refractivity contribution in [2.45, 2.75) is 32.7 Å². The van der Waals surface area contributed by atoms with Gasteiger partial charge in [0.15, 0.2) is 0 Å². The largest absolute Gasteiger partial charge is 0.366 e. The van der Waals surface area contributed by atoms with E-state index in [-0.39, 0.29) is 0 Å². The second-order valence-corrected chi connectivity index (χ2v) is 4.55. The fraction of sp³-hybridized carbons (Fsp3) is 0.615. The Hall–Kier alpha value is -1.09. The average molecular weight is 219 g/mol. The summed E-state index contributed by atoms with van der Waals surface area (Å²) in [6, 6.07) is 4.65. The highest BCUT2D eigenvalue weighted by atomic mass is 15.2. The first kappa shape index (κ1) is 11.4. The maximum absolute atomic E-state index is 4.39. The van der Waals surface area contributed by atoms with E-state index in [9.17, 15) is 0 Å². The molecule has 0 saturated carbocycles. The van der Waals surface area contributed by atoms with Crippen molar-refractivity contribution in [2.24, 2.45) is 0 Å². The van der Waals surface area contributed by atoms with Crippen molar-refractivity contribution in [1.29, 1.82) is 0 Å². The second-order valence-electron chi connectivity index (χ2n) is 4.55. The summed E-state index contributed by atoms with van der Waals surface area (Å²) in [5.74, 6) is 1.05. The number of nitrogens with one attached hydrogen (secondary N) is 1. The molecule has 0 spiro atoms. The molecule has 1 aliphatic rings. The highest BCUT2D eigenvalue weighted by molar-refractivity contribution is 5.43. The van der Waals surface area contributed by atoms with Crippen molar-refractivity contribution >= 4 is 5.82 Å². The number of aromatic nitrogens is 1. The predicted molar refractivity (Wildman–Crippen MR) is 67.7 cm³/mol. The fourth-order valence-electron chi connectivity index (χ4n) is 2.29. The van der Waals surface area contributed by atoms with Gasteiger partial charge < -0.3 is 10.2 Å². The van der Waals surface area contributed by atoms with Crippen LogP contribution < -0.4 is 5.32 Å². The van der Waals surface area contributed by atoms with Crippen LogP contribution in [0.5, 0.6) is 0 Å². The van der Waals surface area contributed by atoms with Crippen molar-refractivity contribution < 1.29 is 0 Å². The monoisotopic (exact) mass is 219 g/mol. The summed E-state index contributed by atoms with van der Waals surface area (Å²) in [5, 5.41) is 3.56. The van der Waals surface area contributed by atoms with E-state index in [4.69, 9.17) is 0 Å². The topological polar surface area (TPSA) is 28.2 Å². The maximum atomic E-state index is 4.39. The summed E-state index contributed by atoms with van der Waals surface area (Å²) < 4.78 is 0. The van der Waals surface area contributed by atoms with Crippen molar-refractivity contribution in [3.63, 3.8) is 0 Å². The third-order valence-electron chi connectivity index (χ3n) is 3.30. The summed E-state index contributed by atoms with van der Waals surface area (Å²) in [6.07, 6.45) is 4.40. The molecule has 2 rings (SSSR count). The van der Waals surface area contributed by atoms with Gasteiger partial charge in [0.1, 0.15) is 5.82 Å². The van der Waals surface area contributed by atoms with Crippen molar-refractivity contribution in [3.8, 4) is 0 Å². The molecule has 1 unspecified atom stereocenters. The second kappa shape index (κ2) is 5.30. The molecule has 0 aliphatic carbocycles. The molecule has 0 aromatic carbocycles. The van der Waals surface area contributed by atoms with Gasteiger partial charge in [-0.1, -0.05) is 13.0 Å². The van der Waals surface area contributed by atoms with Crippen LogP contribution in [0, 0.1) is 6.92 Å². The molecule has 1 saturated heterocycles. The van der Waals surface area contributed by atoms with Crippen LogP contribution in [-0.4, -0.2) is 35.6 Å². The van der Waals surface area contributed by atoms with Gasteiger partial charge in [0.2, 0.25) is 0 Å². The lowest BCUT2D eigenvalue weighted by atomic mass is 10.1. The molecule has 1 fully saturated rings. The number of anilines is 1. The summed E-state index contributed by atoms with van der Waals surface area (Å²) >= 11 is 0. The van der Waals surface area contributed by atoms with Gasteiger partial charge in [-0.05, 0) is 44.5 Å². The van der Waals surface area contributed by atoms with Gasteiger partial charge in [-0.15, -0.1) is 0 Å². The molecule has 16 heavy (non-hydrogen) atoms. The molecule has 0 radical (unpaired) electrons. The minimum atomic E-state index is 0.558. The van der Waals surface area contributed by atoms with Gasteiger partial charge in [0.05, 0.1) is 0 Å². The van der Waals surface area contributed by atoms with Gasteiger partial charge >= 0.3 is 0 Å². The molecule has 88 valence electrons. The minimum absolute atomic E-state index is 0.558. The van der Waals surface area contributed by atoms with Gasteiger partial charge in [-0.3, -0.25) is 0 Å². The number of likely N-dealkylation sites (tertiary alicyclic amines) is 1. The zero-order valence-electron chi connectivity index (χ0n) is 10.2. The van der Waals surface area contributed by atoms with Crippen LogP contribution in [-0.2, 0) is 0 Å². The normalized spacial score (nSPS) is 22.0. The van der Waals surface area contributed by atoms with Crippen LogP contribution in [0.15, 0.2) is 18.3 Å². The Bertz CT molecular complexity index is 338. The Morgan fingerprint density at radius 2 is 2.44 bits per heavy atom. The lowest BCUT2D eigenvalue weighted by Crippen LogP contribution is -2.42. The maximum Gasteiger partial charge on any atom is 0.129 e. The van der Waals surface area contributed by atoms with Crippen LogP contribution in [0.2, 0.25) is 0 Å². The lowest BCUT2D eigenvalue weighted by molar-refractivity contribution is 0.226. The fourth-order valence-corrected chi connectivity index (χ4v) is 2.29. The Morgan fingerprint density at radius 1 is 1.56 bits per heavy atom. The van der Waals surface area contributed by atoms with Crippen LogP contribution >= 0.6 is 0 Å². The smallest absolute Gasteiger partial charge is 0.129 e. The Kier molecular flexibility index (Phi) is 3.78. The first-order chi connectivity index (χ1) is 7.79. The quantitative estimate of drug-likeness (QED) is 0.845. The Balaban J connectivity index is 1.97. The predicted octanol–water partition coefficient (Wildman–Crippen LogP) is 2.29. The van der Waals surface area contributed by atoms with Gasteiger partial charge in [0, 0.05) is 18.8 Å². The Labute approximate surface area is 97.9 Å². The third kappa shape index (κ3) is 2.73.